The third-order valence-corrected chi connectivity index (χ3v) is 2.23. The van der Waals surface area contributed by atoms with Crippen molar-refractivity contribution >= 4 is 28.2 Å². The van der Waals surface area contributed by atoms with Crippen LogP contribution in [0.25, 0.3) is 16.6 Å². The van der Waals surface area contributed by atoms with Gasteiger partial charge in [0.1, 0.15) is 11.8 Å². The molecule has 0 saturated carbocycles. The van der Waals surface area contributed by atoms with Gasteiger partial charge in [-0.3, -0.25) is 4.68 Å². The van der Waals surface area contributed by atoms with Crippen molar-refractivity contribution in [1.29, 1.82) is 0 Å². The summed E-state index contributed by atoms with van der Waals surface area (Å²) >= 11 is 5.93. The molecule has 7 heteroatoms. The largest absolute Gasteiger partial charge is 0.274 e. The third kappa shape index (κ3) is 0.856. The standard InChI is InChI=1S/C7H5ClN6/c1-13-2-4-5(11-13)6(8)12-14-7(4)9-3-10-14/h2-3H,1H3. The smallest absolute Gasteiger partial charge is 0.187 e. The molecule has 6 nitrogen and oxygen atoms in total. The van der Waals surface area contributed by atoms with Crippen molar-refractivity contribution in [2.24, 2.45) is 7.05 Å². The number of hydrogen-bond acceptors (Lipinski definition) is 4. The summed E-state index contributed by atoms with van der Waals surface area (Å²) in [7, 11) is 1.82. The van der Waals surface area contributed by atoms with E-state index in [0.29, 0.717) is 16.3 Å². The minimum atomic E-state index is 0.332. The lowest BCUT2D eigenvalue weighted by molar-refractivity contribution is 0.776. The molecule has 0 amide bonds. The SMILES string of the molecule is Cn1cc2c(n1)c(Cl)nn1ncnc21. The molecule has 0 unspecified atom stereocenters. The second-order valence-corrected chi connectivity index (χ2v) is 3.29. The number of aromatic nitrogens is 6. The molecule has 0 bridgehead atoms. The van der Waals surface area contributed by atoms with E-state index < -0.39 is 0 Å². The molecule has 14 heavy (non-hydrogen) atoms. The Morgan fingerprint density at radius 2 is 2.21 bits per heavy atom. The number of rotatable bonds is 0. The summed E-state index contributed by atoms with van der Waals surface area (Å²) in [5, 5.41) is 13.3. The molecule has 0 aliphatic heterocycles. The molecule has 0 N–H and O–H groups in total. The van der Waals surface area contributed by atoms with Crippen LogP contribution in [-0.4, -0.2) is 29.6 Å². The molecule has 0 spiro atoms. The van der Waals surface area contributed by atoms with E-state index in [1.54, 1.807) is 4.68 Å². The number of aryl methyl sites for hydroxylation is 1. The maximum absolute atomic E-state index is 5.93. The maximum Gasteiger partial charge on any atom is 0.187 e. The molecule has 3 aromatic heterocycles. The van der Waals surface area contributed by atoms with Crippen LogP contribution in [0.5, 0.6) is 0 Å². The van der Waals surface area contributed by atoms with Gasteiger partial charge in [0.05, 0.1) is 5.39 Å². The van der Waals surface area contributed by atoms with Gasteiger partial charge in [0.25, 0.3) is 0 Å². The monoisotopic (exact) mass is 208 g/mol. The first kappa shape index (κ1) is 7.69. The van der Waals surface area contributed by atoms with Gasteiger partial charge >= 0.3 is 0 Å². The van der Waals surface area contributed by atoms with E-state index in [2.05, 4.69) is 20.3 Å². The minimum Gasteiger partial charge on any atom is -0.274 e. The molecular weight excluding hydrogens is 204 g/mol. The lowest BCUT2D eigenvalue weighted by Crippen LogP contribution is -1.94. The van der Waals surface area contributed by atoms with Crippen LogP contribution in [0.4, 0.5) is 0 Å². The van der Waals surface area contributed by atoms with Crippen molar-refractivity contribution in [3.8, 4) is 0 Å². The molecular formula is C7H5ClN6. The molecule has 0 saturated heterocycles. The Morgan fingerprint density at radius 3 is 3.07 bits per heavy atom. The van der Waals surface area contributed by atoms with E-state index in [0.717, 1.165) is 5.39 Å². The quantitative estimate of drug-likeness (QED) is 0.545. The highest BCUT2D eigenvalue weighted by Crippen LogP contribution is 2.21. The highest BCUT2D eigenvalue weighted by Gasteiger charge is 2.11. The zero-order valence-electron chi connectivity index (χ0n) is 7.22. The van der Waals surface area contributed by atoms with Crippen molar-refractivity contribution < 1.29 is 0 Å². The van der Waals surface area contributed by atoms with E-state index in [1.165, 1.54) is 11.0 Å². The van der Waals surface area contributed by atoms with Gasteiger partial charge in [-0.05, 0) is 0 Å². The predicted molar refractivity (Wildman–Crippen MR) is 50.1 cm³/mol. The summed E-state index contributed by atoms with van der Waals surface area (Å²) < 4.78 is 3.07. The van der Waals surface area contributed by atoms with Crippen LogP contribution in [0.1, 0.15) is 0 Å². The van der Waals surface area contributed by atoms with Crippen LogP contribution in [0.15, 0.2) is 12.5 Å². The first-order valence-electron chi connectivity index (χ1n) is 3.94. The summed E-state index contributed by atoms with van der Waals surface area (Å²) in [5.74, 6) is 0. The molecule has 0 fully saturated rings. The molecule has 70 valence electrons. The Hall–Kier alpha value is -1.69. The van der Waals surface area contributed by atoms with E-state index >= 15 is 0 Å². The van der Waals surface area contributed by atoms with Crippen LogP contribution >= 0.6 is 11.6 Å². The van der Waals surface area contributed by atoms with Gasteiger partial charge < -0.3 is 0 Å². The molecule has 3 aromatic rings. The van der Waals surface area contributed by atoms with E-state index in [-0.39, 0.29) is 0 Å². The average Bonchev–Trinajstić information content (AvgIpc) is 2.69. The Balaban J connectivity index is 2.65. The third-order valence-electron chi connectivity index (χ3n) is 1.98. The van der Waals surface area contributed by atoms with Crippen molar-refractivity contribution in [2.45, 2.75) is 0 Å². The van der Waals surface area contributed by atoms with Crippen LogP contribution < -0.4 is 0 Å². The van der Waals surface area contributed by atoms with Crippen LogP contribution in [0.2, 0.25) is 5.15 Å². The molecule has 0 aromatic carbocycles. The Bertz CT molecular complexity index is 623. The zero-order chi connectivity index (χ0) is 9.71. The van der Waals surface area contributed by atoms with Gasteiger partial charge in [0, 0.05) is 13.2 Å². The fourth-order valence-electron chi connectivity index (χ4n) is 1.42. The normalized spacial score (nSPS) is 11.6. The van der Waals surface area contributed by atoms with Gasteiger partial charge in [-0.2, -0.15) is 5.10 Å². The molecule has 3 heterocycles. The topological polar surface area (TPSA) is 60.9 Å². The number of hydrogen-bond donors (Lipinski definition) is 0. The summed E-state index contributed by atoms with van der Waals surface area (Å²) in [6.45, 7) is 0. The fraction of sp³-hybridized carbons (Fsp3) is 0.143. The highest BCUT2D eigenvalue weighted by atomic mass is 35.5. The van der Waals surface area contributed by atoms with Gasteiger partial charge in [0.2, 0.25) is 0 Å². The fourth-order valence-corrected chi connectivity index (χ4v) is 1.63. The Morgan fingerprint density at radius 1 is 1.36 bits per heavy atom. The van der Waals surface area contributed by atoms with Gasteiger partial charge in [-0.25, -0.2) is 4.98 Å². The van der Waals surface area contributed by atoms with Crippen molar-refractivity contribution in [3.63, 3.8) is 0 Å². The lowest BCUT2D eigenvalue weighted by atomic mass is 10.4. The second kappa shape index (κ2) is 2.42. The maximum atomic E-state index is 5.93. The molecule has 0 atom stereocenters. The van der Waals surface area contributed by atoms with Crippen molar-refractivity contribution in [1.82, 2.24) is 29.6 Å². The van der Waals surface area contributed by atoms with Crippen molar-refractivity contribution in [2.75, 3.05) is 0 Å². The average molecular weight is 209 g/mol. The van der Waals surface area contributed by atoms with Crippen LogP contribution in [0.3, 0.4) is 0 Å². The van der Waals surface area contributed by atoms with Gasteiger partial charge in [-0.15, -0.1) is 14.8 Å². The van der Waals surface area contributed by atoms with E-state index in [1.807, 2.05) is 13.2 Å². The number of nitrogens with zero attached hydrogens (tertiary/aromatic N) is 6. The van der Waals surface area contributed by atoms with Crippen LogP contribution in [0, 0.1) is 0 Å². The Kier molecular flexibility index (Phi) is 1.33. The first-order valence-corrected chi connectivity index (χ1v) is 4.32. The second-order valence-electron chi connectivity index (χ2n) is 2.93. The minimum absolute atomic E-state index is 0.332. The van der Waals surface area contributed by atoms with Crippen molar-refractivity contribution in [3.05, 3.63) is 17.7 Å². The number of fused-ring (bicyclic) bond motifs is 3. The van der Waals surface area contributed by atoms with E-state index in [4.69, 9.17) is 11.6 Å². The highest BCUT2D eigenvalue weighted by molar-refractivity contribution is 6.34. The van der Waals surface area contributed by atoms with E-state index in [9.17, 15) is 0 Å². The zero-order valence-corrected chi connectivity index (χ0v) is 7.97. The molecule has 0 radical (unpaired) electrons. The van der Waals surface area contributed by atoms with Crippen LogP contribution in [-0.2, 0) is 7.05 Å². The summed E-state index contributed by atoms with van der Waals surface area (Å²) in [4.78, 5) is 4.08. The summed E-state index contributed by atoms with van der Waals surface area (Å²) in [5.41, 5.74) is 1.31. The number of halogens is 1. The van der Waals surface area contributed by atoms with Gasteiger partial charge in [0.15, 0.2) is 10.8 Å². The predicted octanol–water partition coefficient (Wildman–Crippen LogP) is 0.664. The summed E-state index contributed by atoms with van der Waals surface area (Å²) in [6, 6.07) is 0. The lowest BCUT2D eigenvalue weighted by Gasteiger charge is -1.92. The molecule has 3 rings (SSSR count). The first-order chi connectivity index (χ1) is 6.75. The molecule has 0 aliphatic rings. The molecule has 0 aliphatic carbocycles. The van der Waals surface area contributed by atoms with Gasteiger partial charge in [-0.1, -0.05) is 11.6 Å². The summed E-state index contributed by atoms with van der Waals surface area (Å²) in [6.07, 6.45) is 3.28. The Labute approximate surface area is 83.1 Å².